The van der Waals surface area contributed by atoms with Crippen molar-refractivity contribution in [2.24, 2.45) is 21.1 Å². The second kappa shape index (κ2) is 8.35. The molecule has 0 atom stereocenters. The van der Waals surface area contributed by atoms with Gasteiger partial charge in [-0.15, -0.1) is 10.2 Å². The third-order valence-corrected chi connectivity index (χ3v) is 5.31. The number of hydrogen-bond donors (Lipinski definition) is 1. The number of benzene rings is 1. The Bertz CT molecular complexity index is 1180. The topological polar surface area (TPSA) is 113 Å². The lowest BCUT2D eigenvalue weighted by molar-refractivity contribution is -0.113. The summed E-state index contributed by atoms with van der Waals surface area (Å²) in [6.45, 7) is 0. The first kappa shape index (κ1) is 20.4. The van der Waals surface area contributed by atoms with E-state index in [1.165, 1.54) is 36.5 Å². The second-order valence-corrected chi connectivity index (χ2v) is 7.14. The quantitative estimate of drug-likeness (QED) is 0.586. The summed E-state index contributed by atoms with van der Waals surface area (Å²) in [6, 6.07) is 8.64. The van der Waals surface area contributed by atoms with E-state index < -0.39 is 11.2 Å². The standard InChI is InChI=1S/C18H20N6O4S/c1-22-13(9-15(26)23(2)18(22)27)19-14(25)10-29-17-21-20-16(24(17)3)11-6-5-7-12(8-11)28-4/h5-9H,10H2,1-4H3,(H,19,25). The van der Waals surface area contributed by atoms with Crippen LogP contribution in [0.4, 0.5) is 5.82 Å². The number of ether oxygens (including phenoxy) is 1. The summed E-state index contributed by atoms with van der Waals surface area (Å²) >= 11 is 1.19. The van der Waals surface area contributed by atoms with Gasteiger partial charge in [-0.1, -0.05) is 23.9 Å². The molecule has 0 aliphatic heterocycles. The minimum Gasteiger partial charge on any atom is -0.497 e. The second-order valence-electron chi connectivity index (χ2n) is 6.20. The Hall–Kier alpha value is -3.34. The highest BCUT2D eigenvalue weighted by molar-refractivity contribution is 7.99. The number of carbonyl (C=O) groups excluding carboxylic acids is 1. The number of aromatic nitrogens is 5. The molecule has 1 aromatic carbocycles. The zero-order valence-electron chi connectivity index (χ0n) is 16.4. The molecule has 3 aromatic rings. The third-order valence-electron chi connectivity index (χ3n) is 4.29. The van der Waals surface area contributed by atoms with Gasteiger partial charge in [-0.25, -0.2) is 4.79 Å². The van der Waals surface area contributed by atoms with Crippen LogP contribution in [0, 0.1) is 0 Å². The molecule has 10 nitrogen and oxygen atoms in total. The van der Waals surface area contributed by atoms with Crippen molar-refractivity contribution in [3.8, 4) is 17.1 Å². The Morgan fingerprint density at radius 3 is 2.59 bits per heavy atom. The molecule has 3 rings (SSSR count). The van der Waals surface area contributed by atoms with Crippen LogP contribution in [0.3, 0.4) is 0 Å². The molecule has 0 spiro atoms. The Kier molecular flexibility index (Phi) is 5.87. The summed E-state index contributed by atoms with van der Waals surface area (Å²) in [4.78, 5) is 36.0. The zero-order chi connectivity index (χ0) is 21.1. The number of nitrogens with one attached hydrogen (secondary N) is 1. The predicted molar refractivity (Wildman–Crippen MR) is 109 cm³/mol. The summed E-state index contributed by atoms with van der Waals surface area (Å²) in [5.41, 5.74) is -0.172. The Balaban J connectivity index is 1.71. The van der Waals surface area contributed by atoms with Gasteiger partial charge < -0.3 is 14.6 Å². The van der Waals surface area contributed by atoms with Crippen molar-refractivity contribution in [1.29, 1.82) is 0 Å². The van der Waals surface area contributed by atoms with Crippen LogP contribution in [0.5, 0.6) is 5.75 Å². The van der Waals surface area contributed by atoms with E-state index in [9.17, 15) is 14.4 Å². The number of thioether (sulfide) groups is 1. The monoisotopic (exact) mass is 416 g/mol. The highest BCUT2D eigenvalue weighted by atomic mass is 32.2. The highest BCUT2D eigenvalue weighted by Crippen LogP contribution is 2.25. The fraction of sp³-hybridized carbons (Fsp3) is 0.278. The van der Waals surface area contributed by atoms with E-state index in [0.717, 1.165) is 10.1 Å². The Labute approximate surface area is 170 Å². The number of hydrogen-bond acceptors (Lipinski definition) is 7. The SMILES string of the molecule is COc1cccc(-c2nnc(SCC(=O)Nc3cc(=O)n(C)c(=O)n3C)n2C)c1. The van der Waals surface area contributed by atoms with Gasteiger partial charge in [0.1, 0.15) is 11.6 Å². The maximum Gasteiger partial charge on any atom is 0.332 e. The van der Waals surface area contributed by atoms with E-state index in [-0.39, 0.29) is 17.5 Å². The van der Waals surface area contributed by atoms with Crippen LogP contribution < -0.4 is 21.3 Å². The molecule has 2 heterocycles. The molecule has 0 radical (unpaired) electrons. The van der Waals surface area contributed by atoms with Crippen molar-refractivity contribution in [1.82, 2.24) is 23.9 Å². The maximum absolute atomic E-state index is 12.3. The van der Waals surface area contributed by atoms with E-state index in [1.807, 2.05) is 24.3 Å². The van der Waals surface area contributed by atoms with Crippen LogP contribution in [0.25, 0.3) is 11.4 Å². The van der Waals surface area contributed by atoms with E-state index in [4.69, 9.17) is 4.74 Å². The maximum atomic E-state index is 12.3. The van der Waals surface area contributed by atoms with Crippen LogP contribution in [0.2, 0.25) is 0 Å². The Morgan fingerprint density at radius 1 is 1.10 bits per heavy atom. The van der Waals surface area contributed by atoms with Gasteiger partial charge in [-0.3, -0.25) is 18.7 Å². The first-order chi connectivity index (χ1) is 13.8. The lowest BCUT2D eigenvalue weighted by atomic mass is 10.2. The van der Waals surface area contributed by atoms with E-state index in [2.05, 4.69) is 15.5 Å². The number of anilines is 1. The van der Waals surface area contributed by atoms with Crippen LogP contribution in [0.1, 0.15) is 0 Å². The highest BCUT2D eigenvalue weighted by Gasteiger charge is 2.15. The molecule has 11 heteroatoms. The van der Waals surface area contributed by atoms with Crippen molar-refractivity contribution in [3.63, 3.8) is 0 Å². The van der Waals surface area contributed by atoms with Gasteiger partial charge in [0.25, 0.3) is 5.56 Å². The summed E-state index contributed by atoms with van der Waals surface area (Å²) in [6.07, 6.45) is 0. The minimum absolute atomic E-state index is 0.0352. The summed E-state index contributed by atoms with van der Waals surface area (Å²) in [5, 5.41) is 11.4. The third kappa shape index (κ3) is 4.24. The van der Waals surface area contributed by atoms with Crippen molar-refractivity contribution in [3.05, 3.63) is 51.2 Å². The molecule has 152 valence electrons. The number of nitrogens with zero attached hydrogens (tertiary/aromatic N) is 5. The van der Waals surface area contributed by atoms with Gasteiger partial charge in [-0.2, -0.15) is 0 Å². The molecule has 2 aromatic heterocycles. The number of carbonyl (C=O) groups is 1. The molecule has 0 aliphatic rings. The number of methoxy groups -OCH3 is 1. The van der Waals surface area contributed by atoms with Gasteiger partial charge in [-0.05, 0) is 12.1 Å². The van der Waals surface area contributed by atoms with Gasteiger partial charge in [0, 0.05) is 32.8 Å². The molecule has 0 fully saturated rings. The summed E-state index contributed by atoms with van der Waals surface area (Å²) in [5.74, 6) is 1.15. The van der Waals surface area contributed by atoms with Crippen molar-refractivity contribution in [2.45, 2.75) is 5.16 Å². The normalized spacial score (nSPS) is 10.8. The van der Waals surface area contributed by atoms with Crippen LogP contribution in [0.15, 0.2) is 45.1 Å². The lowest BCUT2D eigenvalue weighted by Crippen LogP contribution is -2.38. The molecule has 29 heavy (non-hydrogen) atoms. The predicted octanol–water partition coefficient (Wildman–Crippen LogP) is 0.619. The molecule has 1 N–H and O–H groups in total. The summed E-state index contributed by atoms with van der Waals surface area (Å²) in [7, 11) is 6.25. The first-order valence-electron chi connectivity index (χ1n) is 8.55. The van der Waals surface area contributed by atoms with Gasteiger partial charge >= 0.3 is 5.69 Å². The van der Waals surface area contributed by atoms with Crippen molar-refractivity contribution < 1.29 is 9.53 Å². The largest absolute Gasteiger partial charge is 0.497 e. The van der Waals surface area contributed by atoms with E-state index >= 15 is 0 Å². The summed E-state index contributed by atoms with van der Waals surface area (Å²) < 4.78 is 9.17. The minimum atomic E-state index is -0.517. The molecular formula is C18H20N6O4S. The van der Waals surface area contributed by atoms with Crippen molar-refractivity contribution in [2.75, 3.05) is 18.2 Å². The van der Waals surface area contributed by atoms with Gasteiger partial charge in [0.2, 0.25) is 5.91 Å². The fourth-order valence-corrected chi connectivity index (χ4v) is 3.33. The fourth-order valence-electron chi connectivity index (χ4n) is 2.62. The Morgan fingerprint density at radius 2 is 1.86 bits per heavy atom. The molecular weight excluding hydrogens is 396 g/mol. The van der Waals surface area contributed by atoms with E-state index in [1.54, 1.807) is 18.7 Å². The zero-order valence-corrected chi connectivity index (χ0v) is 17.2. The van der Waals surface area contributed by atoms with Gasteiger partial charge in [0.15, 0.2) is 11.0 Å². The average Bonchev–Trinajstić information content (AvgIpc) is 3.09. The number of amides is 1. The molecule has 0 bridgehead atoms. The van der Waals surface area contributed by atoms with Crippen LogP contribution in [-0.4, -0.2) is 42.7 Å². The van der Waals surface area contributed by atoms with Crippen molar-refractivity contribution >= 4 is 23.5 Å². The molecule has 1 amide bonds. The first-order valence-corrected chi connectivity index (χ1v) is 9.54. The molecule has 0 saturated heterocycles. The molecule has 0 unspecified atom stereocenters. The number of rotatable bonds is 6. The lowest BCUT2D eigenvalue weighted by Gasteiger charge is -2.10. The van der Waals surface area contributed by atoms with Crippen LogP contribution >= 0.6 is 11.8 Å². The molecule has 0 aliphatic carbocycles. The smallest absolute Gasteiger partial charge is 0.332 e. The molecule has 0 saturated carbocycles. The average molecular weight is 416 g/mol. The van der Waals surface area contributed by atoms with Gasteiger partial charge in [0.05, 0.1) is 12.9 Å². The van der Waals surface area contributed by atoms with Crippen LogP contribution in [-0.2, 0) is 25.9 Å². The van der Waals surface area contributed by atoms with E-state index in [0.29, 0.717) is 16.7 Å².